The van der Waals surface area contributed by atoms with Gasteiger partial charge in [0.25, 0.3) is 0 Å². The second-order valence-electron chi connectivity index (χ2n) is 2.51. The molecule has 0 saturated carbocycles. The summed E-state index contributed by atoms with van der Waals surface area (Å²) in [5.74, 6) is -0.988. The first kappa shape index (κ1) is 10.2. The van der Waals surface area contributed by atoms with Gasteiger partial charge in [-0.05, 0) is 0 Å². The van der Waals surface area contributed by atoms with Crippen LogP contribution in [0.2, 0.25) is 0 Å². The van der Waals surface area contributed by atoms with Crippen molar-refractivity contribution in [2.24, 2.45) is 0 Å². The van der Waals surface area contributed by atoms with Crippen LogP contribution in [-0.4, -0.2) is 37.2 Å². The van der Waals surface area contributed by atoms with Gasteiger partial charge in [-0.15, -0.1) is 0 Å². The Kier molecular flexibility index (Phi) is 3.47. The molecule has 1 N–H and O–H groups in total. The quantitative estimate of drug-likeness (QED) is 0.831. The molecule has 3 nitrogen and oxygen atoms in total. The summed E-state index contributed by atoms with van der Waals surface area (Å²) in [4.78, 5) is 21.5. The number of carbonyl (C=O) groups excluding carboxylic acids is 1. The molecule has 0 heterocycles. The van der Waals surface area contributed by atoms with E-state index in [-0.39, 0.29) is 15.8 Å². The Morgan fingerprint density at radius 2 is 1.92 bits per heavy atom. The molecule has 0 aliphatic carbocycles. The molecule has 0 spiro atoms. The number of hydrogen-bond acceptors (Lipinski definition) is 2. The van der Waals surface area contributed by atoms with E-state index < -0.39 is 5.97 Å². The van der Waals surface area contributed by atoms with E-state index in [0.717, 1.165) is 0 Å². The van der Waals surface area contributed by atoms with Crippen LogP contribution in [0.1, 0.15) is 15.9 Å². The fraction of sp³-hybridized carbons (Fsp3) is 0.111. The van der Waals surface area contributed by atoms with Crippen molar-refractivity contribution in [2.45, 2.75) is 6.42 Å². The van der Waals surface area contributed by atoms with Crippen molar-refractivity contribution in [3.8, 4) is 0 Å². The Labute approximate surface area is 88.7 Å². The molecule has 13 heavy (non-hydrogen) atoms. The summed E-state index contributed by atoms with van der Waals surface area (Å²) in [5, 5.41) is 8.77. The predicted molar refractivity (Wildman–Crippen MR) is 47.9 cm³/mol. The first-order valence-electron chi connectivity index (χ1n) is 3.62. The van der Waals surface area contributed by atoms with Gasteiger partial charge >= 0.3 is 88.6 Å². The summed E-state index contributed by atoms with van der Waals surface area (Å²) in [5.41, 5.74) is 0.782. The molecule has 1 aromatic carbocycles. The Morgan fingerprint density at radius 3 is 2.46 bits per heavy atom. The fourth-order valence-electron chi connectivity index (χ4n) is 1.04. The van der Waals surface area contributed by atoms with E-state index in [4.69, 9.17) is 5.11 Å². The zero-order chi connectivity index (χ0) is 9.84. The van der Waals surface area contributed by atoms with Crippen LogP contribution in [0.5, 0.6) is 0 Å². The van der Waals surface area contributed by atoms with Crippen molar-refractivity contribution in [1.82, 2.24) is 0 Å². The van der Waals surface area contributed by atoms with Gasteiger partial charge < -0.3 is 0 Å². The maximum absolute atomic E-state index is 10.8. The van der Waals surface area contributed by atoms with Crippen molar-refractivity contribution in [3.63, 3.8) is 0 Å². The van der Waals surface area contributed by atoms with Crippen molar-refractivity contribution in [3.05, 3.63) is 35.4 Å². The molecule has 0 amide bonds. The number of carboxylic acids is 1. The molecular formula is C9H7O3Te. The topological polar surface area (TPSA) is 54.4 Å². The van der Waals surface area contributed by atoms with Crippen LogP contribution in [0.3, 0.4) is 0 Å². The average Bonchev–Trinajstić information content (AvgIpc) is 2.03. The molecule has 67 valence electrons. The van der Waals surface area contributed by atoms with Crippen molar-refractivity contribution in [1.29, 1.82) is 0 Å². The number of carbonyl (C=O) groups is 2. The molecule has 1 radical (unpaired) electrons. The molecule has 4 heteroatoms. The van der Waals surface area contributed by atoms with E-state index >= 15 is 0 Å². The minimum atomic E-state index is -0.988. The third kappa shape index (κ3) is 2.83. The van der Waals surface area contributed by atoms with Crippen LogP contribution >= 0.6 is 0 Å². The Balaban J connectivity index is 3.04. The number of hydrogen-bond donors (Lipinski definition) is 1. The third-order valence-electron chi connectivity index (χ3n) is 1.58. The predicted octanol–water partition coefficient (Wildman–Crippen LogP) is 0.622. The standard InChI is InChI=1S/C9H7O3Te/c10-8(13)5-6-3-1-2-4-7(6)9(11)12/h1-4H,5H2,(H,11,12). The van der Waals surface area contributed by atoms with Gasteiger partial charge in [0.1, 0.15) is 0 Å². The summed E-state index contributed by atoms with van der Waals surface area (Å²) in [7, 11) is 0. The molecule has 0 saturated heterocycles. The summed E-state index contributed by atoms with van der Waals surface area (Å²) < 4.78 is -0.0236. The summed E-state index contributed by atoms with van der Waals surface area (Å²) in [6.07, 6.45) is 0.187. The van der Waals surface area contributed by atoms with Gasteiger partial charge in [-0.3, -0.25) is 0 Å². The molecule has 1 rings (SSSR count). The van der Waals surface area contributed by atoms with Gasteiger partial charge in [-0.1, -0.05) is 0 Å². The second-order valence-corrected chi connectivity index (χ2v) is 3.81. The monoisotopic (exact) mass is 293 g/mol. The van der Waals surface area contributed by atoms with Gasteiger partial charge in [0.2, 0.25) is 0 Å². The number of rotatable bonds is 3. The van der Waals surface area contributed by atoms with Crippen LogP contribution in [0.15, 0.2) is 24.3 Å². The Bertz CT molecular complexity index is 346. The van der Waals surface area contributed by atoms with Crippen molar-refractivity contribution >= 4 is 32.1 Å². The first-order valence-corrected chi connectivity index (χ1v) is 4.79. The zero-order valence-electron chi connectivity index (χ0n) is 6.69. The van der Waals surface area contributed by atoms with Crippen LogP contribution in [-0.2, 0) is 11.2 Å². The van der Waals surface area contributed by atoms with E-state index in [2.05, 4.69) is 0 Å². The fourth-order valence-corrected chi connectivity index (χ4v) is 1.48. The van der Waals surface area contributed by atoms with E-state index in [1.165, 1.54) is 28.4 Å². The van der Waals surface area contributed by atoms with E-state index in [1.54, 1.807) is 18.2 Å². The van der Waals surface area contributed by atoms with Gasteiger partial charge in [0.05, 0.1) is 0 Å². The van der Waals surface area contributed by atoms with Crippen LogP contribution in [0.4, 0.5) is 0 Å². The molecule has 0 aliphatic heterocycles. The van der Waals surface area contributed by atoms with E-state index in [0.29, 0.717) is 5.56 Å². The van der Waals surface area contributed by atoms with Gasteiger partial charge in [-0.2, -0.15) is 0 Å². The molecule has 0 aromatic heterocycles. The second kappa shape index (κ2) is 4.40. The maximum atomic E-state index is 10.8. The first-order chi connectivity index (χ1) is 6.11. The molecule has 1 aromatic rings. The molecule has 0 aliphatic rings. The SMILES string of the molecule is O=C([Te])Cc1ccccc1C(=O)O. The van der Waals surface area contributed by atoms with Gasteiger partial charge in [-0.25, -0.2) is 0 Å². The molecule has 0 unspecified atom stereocenters. The molecule has 0 bridgehead atoms. The van der Waals surface area contributed by atoms with Crippen molar-refractivity contribution < 1.29 is 14.7 Å². The van der Waals surface area contributed by atoms with Crippen LogP contribution in [0, 0.1) is 0 Å². The summed E-state index contributed by atoms with van der Waals surface area (Å²) in [6.45, 7) is 0. The summed E-state index contributed by atoms with van der Waals surface area (Å²) in [6, 6.07) is 6.54. The zero-order valence-corrected chi connectivity index (χ0v) is 9.02. The van der Waals surface area contributed by atoms with E-state index in [1.807, 2.05) is 0 Å². The van der Waals surface area contributed by atoms with E-state index in [9.17, 15) is 9.59 Å². The average molecular weight is 291 g/mol. The normalized spacial score (nSPS) is 9.54. The number of aromatic carboxylic acids is 1. The van der Waals surface area contributed by atoms with Crippen LogP contribution in [0.25, 0.3) is 0 Å². The number of carboxylic acid groups (broad SMARTS) is 1. The molecular weight excluding hydrogens is 284 g/mol. The Hall–Kier alpha value is -0.850. The van der Waals surface area contributed by atoms with Crippen LogP contribution < -0.4 is 0 Å². The third-order valence-corrected chi connectivity index (χ3v) is 1.99. The Morgan fingerprint density at radius 1 is 1.31 bits per heavy atom. The number of benzene rings is 1. The van der Waals surface area contributed by atoms with Crippen molar-refractivity contribution in [2.75, 3.05) is 0 Å². The minimum absolute atomic E-state index is 0.0236. The molecule has 0 fully saturated rings. The summed E-state index contributed by atoms with van der Waals surface area (Å²) >= 11 is 1.37. The molecule has 0 atom stereocenters. The van der Waals surface area contributed by atoms with Gasteiger partial charge in [0.15, 0.2) is 0 Å². The van der Waals surface area contributed by atoms with Gasteiger partial charge in [0, 0.05) is 0 Å².